The molecule has 0 amide bonds. The summed E-state index contributed by atoms with van der Waals surface area (Å²) in [6.07, 6.45) is 4.08. The number of hydrogen-bond donors (Lipinski definition) is 1. The van der Waals surface area contributed by atoms with Crippen molar-refractivity contribution in [3.05, 3.63) is 58.2 Å². The number of halogens is 1. The molecule has 3 aromatic rings. The van der Waals surface area contributed by atoms with Crippen molar-refractivity contribution in [1.29, 1.82) is 0 Å². The van der Waals surface area contributed by atoms with Crippen molar-refractivity contribution >= 4 is 28.2 Å². The molecule has 0 radical (unpaired) electrons. The lowest BCUT2D eigenvalue weighted by atomic mass is 9.81. The van der Waals surface area contributed by atoms with Gasteiger partial charge in [0.05, 0.1) is 31.3 Å². The molecule has 2 atom stereocenters. The van der Waals surface area contributed by atoms with Crippen LogP contribution in [0.2, 0.25) is 0 Å². The first-order chi connectivity index (χ1) is 16.0. The predicted octanol–water partition coefficient (Wildman–Crippen LogP) is 4.84. The highest BCUT2D eigenvalue weighted by atomic mass is 32.1. The van der Waals surface area contributed by atoms with Crippen molar-refractivity contribution < 1.29 is 19.0 Å². The summed E-state index contributed by atoms with van der Waals surface area (Å²) in [5, 5.41) is 14.6. The average Bonchev–Trinajstić information content (AvgIpc) is 3.34. The van der Waals surface area contributed by atoms with Gasteiger partial charge in [0.2, 0.25) is 0 Å². The molecule has 1 fully saturated rings. The highest BCUT2D eigenvalue weighted by Gasteiger charge is 2.33. The first-order valence-corrected chi connectivity index (χ1v) is 12.1. The van der Waals surface area contributed by atoms with Crippen molar-refractivity contribution in [3.8, 4) is 17.6 Å². The fourth-order valence-electron chi connectivity index (χ4n) is 4.55. The van der Waals surface area contributed by atoms with Crippen LogP contribution in [-0.4, -0.2) is 47.7 Å². The maximum absolute atomic E-state index is 14.6. The second-order valence-corrected chi connectivity index (χ2v) is 9.18. The number of carbonyl (C=O) groups is 1. The normalized spacial score (nSPS) is 18.6. The highest BCUT2D eigenvalue weighted by Crippen LogP contribution is 2.30. The maximum Gasteiger partial charge on any atom is 0.308 e. The van der Waals surface area contributed by atoms with E-state index in [0.717, 1.165) is 42.3 Å². The lowest BCUT2D eigenvalue weighted by Gasteiger charge is -2.35. The van der Waals surface area contributed by atoms with Gasteiger partial charge in [0.25, 0.3) is 0 Å². The number of piperidine rings is 1. The number of ether oxygens (including phenoxy) is 1. The summed E-state index contributed by atoms with van der Waals surface area (Å²) in [5.41, 5.74) is 2.34. The number of methoxy groups -OCH3 is 1. The van der Waals surface area contributed by atoms with Crippen LogP contribution in [0.5, 0.6) is 5.75 Å². The summed E-state index contributed by atoms with van der Waals surface area (Å²) in [5.74, 6) is 5.51. The molecule has 5 nitrogen and oxygen atoms in total. The zero-order valence-corrected chi connectivity index (χ0v) is 19.4. The molecule has 0 saturated carbocycles. The Morgan fingerprint density at radius 3 is 3.03 bits per heavy atom. The topological polar surface area (TPSA) is 62.7 Å². The number of carboxylic acids is 1. The molecule has 3 heterocycles. The fraction of sp³-hybridized carbons (Fsp3) is 0.385. The molecule has 0 aliphatic carbocycles. The molecule has 1 N–H and O–H groups in total. The van der Waals surface area contributed by atoms with Gasteiger partial charge in [0.15, 0.2) is 0 Å². The largest absolute Gasteiger partial charge is 0.497 e. The Labute approximate surface area is 197 Å². The third-order valence-electron chi connectivity index (χ3n) is 6.35. The van der Waals surface area contributed by atoms with Crippen molar-refractivity contribution in [1.82, 2.24) is 9.88 Å². The number of carboxylic acid groups (broad SMARTS) is 1. The quantitative estimate of drug-likeness (QED) is 0.505. The van der Waals surface area contributed by atoms with Gasteiger partial charge in [-0.15, -0.1) is 0 Å². The second kappa shape index (κ2) is 10.8. The van der Waals surface area contributed by atoms with E-state index in [4.69, 9.17) is 4.74 Å². The van der Waals surface area contributed by atoms with Crippen LogP contribution in [0.1, 0.15) is 30.4 Å². The standard InChI is InChI=1S/C26H27FN2O3S/c1-32-20-7-8-25-22(14-20)21(24(27)15-28-25)6-2-5-19-9-12-29(16-23(19)26(30)31)11-3-4-18-10-13-33-17-18/h7-8,10,13-15,17,19,23H,2,5-6,9,11-12,16H2,1H3,(H,30,31)/t19-,23+/m0/s1. The number of aromatic nitrogens is 1. The predicted molar refractivity (Wildman–Crippen MR) is 128 cm³/mol. The minimum Gasteiger partial charge on any atom is -0.497 e. The number of aliphatic carboxylic acids is 1. The highest BCUT2D eigenvalue weighted by molar-refractivity contribution is 7.08. The molecule has 1 aliphatic heterocycles. The third kappa shape index (κ3) is 5.70. The number of nitrogens with zero attached hydrogens (tertiary/aromatic N) is 2. The van der Waals surface area contributed by atoms with Gasteiger partial charge in [-0.3, -0.25) is 14.7 Å². The van der Waals surface area contributed by atoms with E-state index in [1.165, 1.54) is 6.20 Å². The van der Waals surface area contributed by atoms with E-state index in [2.05, 4.69) is 21.7 Å². The van der Waals surface area contributed by atoms with Crippen LogP contribution in [0.15, 0.2) is 41.2 Å². The SMILES string of the molecule is COc1ccc2ncc(F)c(CCC[C@H]3CCN(CC#Cc4ccsc4)C[C@H]3C(=O)O)c2c1. The summed E-state index contributed by atoms with van der Waals surface area (Å²) in [7, 11) is 1.58. The number of rotatable bonds is 7. The number of benzene rings is 1. The van der Waals surface area contributed by atoms with Crippen LogP contribution >= 0.6 is 11.3 Å². The first-order valence-electron chi connectivity index (χ1n) is 11.1. The van der Waals surface area contributed by atoms with Crippen molar-refractivity contribution in [3.63, 3.8) is 0 Å². The molecule has 1 aromatic carbocycles. The number of hydrogen-bond acceptors (Lipinski definition) is 5. The number of pyridine rings is 1. The molecule has 0 bridgehead atoms. The summed E-state index contributed by atoms with van der Waals surface area (Å²) >= 11 is 1.61. The summed E-state index contributed by atoms with van der Waals surface area (Å²) in [6, 6.07) is 7.44. The molecule has 2 aromatic heterocycles. The van der Waals surface area contributed by atoms with Gasteiger partial charge in [-0.05, 0) is 73.4 Å². The summed E-state index contributed by atoms with van der Waals surface area (Å²) in [6.45, 7) is 1.90. The molecule has 172 valence electrons. The average molecular weight is 467 g/mol. The van der Waals surface area contributed by atoms with Gasteiger partial charge >= 0.3 is 5.97 Å². The van der Waals surface area contributed by atoms with Crippen molar-refractivity contribution in [2.75, 3.05) is 26.7 Å². The van der Waals surface area contributed by atoms with E-state index in [9.17, 15) is 14.3 Å². The molecule has 0 spiro atoms. The molecular weight excluding hydrogens is 439 g/mol. The van der Waals surface area contributed by atoms with Crippen molar-refractivity contribution in [2.24, 2.45) is 11.8 Å². The molecule has 1 aliphatic rings. The van der Waals surface area contributed by atoms with Gasteiger partial charge in [-0.25, -0.2) is 4.39 Å². The minimum absolute atomic E-state index is 0.0780. The Hall–Kier alpha value is -2.95. The van der Waals surface area contributed by atoms with Crippen LogP contribution in [-0.2, 0) is 11.2 Å². The zero-order chi connectivity index (χ0) is 23.2. The van der Waals surface area contributed by atoms with Crippen LogP contribution in [0.4, 0.5) is 4.39 Å². The third-order valence-corrected chi connectivity index (χ3v) is 7.03. The van der Waals surface area contributed by atoms with Crippen LogP contribution in [0, 0.1) is 29.5 Å². The number of fused-ring (bicyclic) bond motifs is 1. The van der Waals surface area contributed by atoms with Gasteiger partial charge in [0, 0.05) is 22.9 Å². The number of thiophene rings is 1. The summed E-state index contributed by atoms with van der Waals surface area (Å²) < 4.78 is 19.9. The Kier molecular flexibility index (Phi) is 7.58. The summed E-state index contributed by atoms with van der Waals surface area (Å²) in [4.78, 5) is 18.3. The van der Waals surface area contributed by atoms with Crippen molar-refractivity contribution in [2.45, 2.75) is 25.7 Å². The second-order valence-electron chi connectivity index (χ2n) is 8.40. The lowest BCUT2D eigenvalue weighted by Crippen LogP contribution is -2.44. The van der Waals surface area contributed by atoms with Crippen LogP contribution < -0.4 is 4.74 Å². The molecule has 0 unspecified atom stereocenters. The van der Waals surface area contributed by atoms with E-state index in [1.807, 2.05) is 35.0 Å². The molecule has 33 heavy (non-hydrogen) atoms. The van der Waals surface area contributed by atoms with Gasteiger partial charge in [0.1, 0.15) is 11.6 Å². The fourth-order valence-corrected chi connectivity index (χ4v) is 5.14. The van der Waals surface area contributed by atoms with Gasteiger partial charge in [-0.1, -0.05) is 11.8 Å². The molecule has 4 rings (SSSR count). The molecule has 1 saturated heterocycles. The Morgan fingerprint density at radius 1 is 1.39 bits per heavy atom. The zero-order valence-electron chi connectivity index (χ0n) is 18.6. The monoisotopic (exact) mass is 466 g/mol. The minimum atomic E-state index is -0.763. The number of likely N-dealkylation sites (tertiary alicyclic amines) is 1. The van der Waals surface area contributed by atoms with Gasteiger partial charge in [-0.2, -0.15) is 11.3 Å². The molecular formula is C26H27FN2O3S. The van der Waals surface area contributed by atoms with Crippen LogP contribution in [0.25, 0.3) is 10.9 Å². The smallest absolute Gasteiger partial charge is 0.308 e. The Morgan fingerprint density at radius 2 is 2.27 bits per heavy atom. The van der Waals surface area contributed by atoms with E-state index in [0.29, 0.717) is 30.8 Å². The van der Waals surface area contributed by atoms with Gasteiger partial charge < -0.3 is 9.84 Å². The Bertz CT molecular complexity index is 1170. The molecule has 7 heteroatoms. The van der Waals surface area contributed by atoms with E-state index >= 15 is 0 Å². The van der Waals surface area contributed by atoms with E-state index in [-0.39, 0.29) is 11.7 Å². The number of aryl methyl sites for hydroxylation is 1. The van der Waals surface area contributed by atoms with Crippen LogP contribution in [0.3, 0.4) is 0 Å². The maximum atomic E-state index is 14.6. The van der Waals surface area contributed by atoms with E-state index < -0.39 is 11.9 Å². The van der Waals surface area contributed by atoms with E-state index in [1.54, 1.807) is 18.4 Å². The first kappa shape index (κ1) is 23.2. The lowest BCUT2D eigenvalue weighted by molar-refractivity contribution is -0.146. The Balaban J connectivity index is 1.37.